The quantitative estimate of drug-likeness (QED) is 0.634. The van der Waals surface area contributed by atoms with Crippen LogP contribution < -0.4 is 15.8 Å². The first kappa shape index (κ1) is 17.5. The van der Waals surface area contributed by atoms with Gasteiger partial charge in [-0.1, -0.05) is 35.5 Å². The third kappa shape index (κ3) is 4.00. The number of benzene rings is 1. The van der Waals surface area contributed by atoms with Crippen LogP contribution in [0.3, 0.4) is 0 Å². The molecular weight excluding hydrogens is 332 g/mol. The molecule has 0 saturated carbocycles. The molecule has 0 aliphatic carbocycles. The number of aromatic nitrogens is 2. The number of hydrogen-bond donors (Lipinski definition) is 2. The summed E-state index contributed by atoms with van der Waals surface area (Å²) in [6.07, 6.45) is 3.26. The Morgan fingerprint density at radius 1 is 1.23 bits per heavy atom. The van der Waals surface area contributed by atoms with Crippen LogP contribution >= 0.6 is 0 Å². The van der Waals surface area contributed by atoms with Crippen LogP contribution in [-0.4, -0.2) is 29.7 Å². The number of carbonyl (C=O) groups is 1. The van der Waals surface area contributed by atoms with Gasteiger partial charge in [-0.05, 0) is 24.5 Å². The number of nitrogen functional groups attached to an aromatic ring is 1. The second-order valence-corrected chi connectivity index (χ2v) is 5.70. The van der Waals surface area contributed by atoms with Crippen LogP contribution in [0.1, 0.15) is 22.3 Å². The van der Waals surface area contributed by atoms with Crippen molar-refractivity contribution in [2.24, 2.45) is 0 Å². The minimum Gasteiger partial charge on any atom is -0.481 e. The van der Waals surface area contributed by atoms with Crippen molar-refractivity contribution in [2.75, 3.05) is 19.4 Å². The van der Waals surface area contributed by atoms with E-state index in [4.69, 9.17) is 15.0 Å². The topological polar surface area (TPSA) is 103 Å². The summed E-state index contributed by atoms with van der Waals surface area (Å²) in [5, 5.41) is 6.76. The predicted molar refractivity (Wildman–Crippen MR) is 97.8 cm³/mol. The van der Waals surface area contributed by atoms with Gasteiger partial charge in [-0.3, -0.25) is 4.79 Å². The average Bonchev–Trinajstić information content (AvgIpc) is 3.07. The molecule has 3 N–H and O–H groups in total. The Balaban J connectivity index is 1.64. The number of anilines is 1. The minimum atomic E-state index is -0.317. The van der Waals surface area contributed by atoms with Crippen molar-refractivity contribution in [3.8, 4) is 17.1 Å². The zero-order valence-electron chi connectivity index (χ0n) is 14.4. The lowest BCUT2D eigenvalue weighted by Crippen LogP contribution is -2.25. The lowest BCUT2D eigenvalue weighted by atomic mass is 10.1. The zero-order chi connectivity index (χ0) is 18.4. The predicted octanol–water partition coefficient (Wildman–Crippen LogP) is 2.69. The van der Waals surface area contributed by atoms with Gasteiger partial charge in [0.15, 0.2) is 0 Å². The van der Waals surface area contributed by atoms with E-state index in [1.54, 1.807) is 18.3 Å². The van der Waals surface area contributed by atoms with E-state index in [1.807, 2.05) is 18.2 Å². The summed E-state index contributed by atoms with van der Waals surface area (Å²) in [6, 6.07) is 13.5. The molecule has 0 radical (unpaired) electrons. The van der Waals surface area contributed by atoms with Crippen molar-refractivity contribution in [2.45, 2.75) is 12.8 Å². The molecule has 0 spiro atoms. The van der Waals surface area contributed by atoms with Crippen LogP contribution in [0.5, 0.6) is 5.88 Å². The summed E-state index contributed by atoms with van der Waals surface area (Å²) in [5.41, 5.74) is 8.23. The largest absolute Gasteiger partial charge is 0.481 e. The Hall–Kier alpha value is -3.35. The van der Waals surface area contributed by atoms with Gasteiger partial charge in [0.1, 0.15) is 11.3 Å². The van der Waals surface area contributed by atoms with E-state index in [1.165, 1.54) is 12.7 Å². The average molecular weight is 352 g/mol. The van der Waals surface area contributed by atoms with E-state index in [-0.39, 0.29) is 17.4 Å². The first-order chi connectivity index (χ1) is 12.7. The molecule has 0 atom stereocenters. The van der Waals surface area contributed by atoms with Crippen molar-refractivity contribution >= 4 is 11.8 Å². The van der Waals surface area contributed by atoms with Crippen molar-refractivity contribution in [1.82, 2.24) is 15.5 Å². The maximum absolute atomic E-state index is 12.5. The normalized spacial score (nSPS) is 10.5. The highest BCUT2D eigenvalue weighted by atomic mass is 16.5. The van der Waals surface area contributed by atoms with Crippen LogP contribution in [-0.2, 0) is 6.42 Å². The van der Waals surface area contributed by atoms with Gasteiger partial charge in [-0.25, -0.2) is 4.98 Å². The van der Waals surface area contributed by atoms with Gasteiger partial charge < -0.3 is 20.3 Å². The van der Waals surface area contributed by atoms with Crippen LogP contribution in [0.4, 0.5) is 5.88 Å². The number of nitrogens with two attached hydrogens (primary N) is 1. The molecule has 0 aliphatic rings. The maximum atomic E-state index is 12.5. The fourth-order valence-corrected chi connectivity index (χ4v) is 2.59. The molecule has 0 saturated heterocycles. The van der Waals surface area contributed by atoms with Crippen LogP contribution in [0, 0.1) is 0 Å². The smallest absolute Gasteiger partial charge is 0.259 e. The number of ether oxygens (including phenoxy) is 1. The fraction of sp³-hybridized carbons (Fsp3) is 0.211. The molecule has 1 aromatic carbocycles. The number of rotatable bonds is 7. The number of pyridine rings is 1. The first-order valence-electron chi connectivity index (χ1n) is 8.26. The van der Waals surface area contributed by atoms with Crippen LogP contribution in [0.25, 0.3) is 11.3 Å². The van der Waals surface area contributed by atoms with E-state index in [9.17, 15) is 4.79 Å². The van der Waals surface area contributed by atoms with Gasteiger partial charge in [-0.2, -0.15) is 0 Å². The first-order valence-corrected chi connectivity index (χ1v) is 8.26. The Morgan fingerprint density at radius 3 is 2.73 bits per heavy atom. The highest BCUT2D eigenvalue weighted by molar-refractivity contribution is 6.03. The zero-order valence-corrected chi connectivity index (χ0v) is 14.4. The monoisotopic (exact) mass is 352 g/mol. The number of nitrogens with zero attached hydrogens (tertiary/aromatic N) is 2. The SMILES string of the molecule is COc1ccc(-c2noc(N)c2C(=O)NCCCc2ccccc2)cn1. The molecule has 3 rings (SSSR count). The molecule has 26 heavy (non-hydrogen) atoms. The van der Waals surface area contributed by atoms with Crippen LogP contribution in [0.15, 0.2) is 53.2 Å². The molecule has 0 unspecified atom stereocenters. The maximum Gasteiger partial charge on any atom is 0.259 e. The molecule has 1 amide bonds. The van der Waals surface area contributed by atoms with Crippen molar-refractivity contribution < 1.29 is 14.1 Å². The summed E-state index contributed by atoms with van der Waals surface area (Å²) in [6.45, 7) is 0.526. The Bertz CT molecular complexity index is 860. The highest BCUT2D eigenvalue weighted by Crippen LogP contribution is 2.27. The van der Waals surface area contributed by atoms with Crippen molar-refractivity contribution in [3.05, 3.63) is 59.8 Å². The summed E-state index contributed by atoms with van der Waals surface area (Å²) in [5.74, 6) is 0.135. The third-order valence-electron chi connectivity index (χ3n) is 3.94. The number of hydrogen-bond acceptors (Lipinski definition) is 6. The molecule has 2 aromatic heterocycles. The second kappa shape index (κ2) is 8.15. The Morgan fingerprint density at radius 2 is 2.04 bits per heavy atom. The standard InChI is InChI=1S/C19H20N4O3/c1-25-15-10-9-14(12-22-15)17-16(18(20)26-23-17)19(24)21-11-5-8-13-6-3-2-4-7-13/h2-4,6-7,9-10,12H,5,8,11,20H2,1H3,(H,21,24). The molecular formula is C19H20N4O3. The van der Waals surface area contributed by atoms with Gasteiger partial charge in [-0.15, -0.1) is 0 Å². The van der Waals surface area contributed by atoms with Crippen LogP contribution in [0.2, 0.25) is 0 Å². The highest BCUT2D eigenvalue weighted by Gasteiger charge is 2.22. The van der Waals surface area contributed by atoms with E-state index < -0.39 is 0 Å². The second-order valence-electron chi connectivity index (χ2n) is 5.70. The number of amides is 1. The molecule has 0 aliphatic heterocycles. The summed E-state index contributed by atoms with van der Waals surface area (Å²) >= 11 is 0. The minimum absolute atomic E-state index is 0.0172. The molecule has 0 bridgehead atoms. The van der Waals surface area contributed by atoms with Gasteiger partial charge in [0.2, 0.25) is 11.8 Å². The number of nitrogens with one attached hydrogen (secondary N) is 1. The van der Waals surface area contributed by atoms with E-state index >= 15 is 0 Å². The van der Waals surface area contributed by atoms with E-state index in [2.05, 4.69) is 27.6 Å². The number of carbonyl (C=O) groups excluding carboxylic acids is 1. The van der Waals surface area contributed by atoms with Gasteiger partial charge in [0.25, 0.3) is 5.91 Å². The summed E-state index contributed by atoms with van der Waals surface area (Å²) < 4.78 is 10.0. The third-order valence-corrected chi connectivity index (χ3v) is 3.94. The van der Waals surface area contributed by atoms with Crippen molar-refractivity contribution in [1.29, 1.82) is 0 Å². The lowest BCUT2D eigenvalue weighted by Gasteiger charge is -2.06. The molecule has 0 fully saturated rings. The lowest BCUT2D eigenvalue weighted by molar-refractivity contribution is 0.0954. The molecule has 3 aromatic rings. The van der Waals surface area contributed by atoms with Gasteiger partial charge in [0, 0.05) is 24.4 Å². The number of aryl methyl sites for hydroxylation is 1. The Kier molecular flexibility index (Phi) is 5.48. The summed E-state index contributed by atoms with van der Waals surface area (Å²) in [4.78, 5) is 16.6. The van der Waals surface area contributed by atoms with Gasteiger partial charge >= 0.3 is 0 Å². The Labute approximate surface area is 151 Å². The fourth-order valence-electron chi connectivity index (χ4n) is 2.59. The van der Waals surface area contributed by atoms with Crippen molar-refractivity contribution in [3.63, 3.8) is 0 Å². The van der Waals surface area contributed by atoms with E-state index in [0.717, 1.165) is 12.8 Å². The number of methoxy groups -OCH3 is 1. The molecule has 134 valence electrons. The molecule has 7 heteroatoms. The van der Waals surface area contributed by atoms with Gasteiger partial charge in [0.05, 0.1) is 7.11 Å². The molecule has 2 heterocycles. The summed E-state index contributed by atoms with van der Waals surface area (Å²) in [7, 11) is 1.53. The molecule has 7 nitrogen and oxygen atoms in total. The van der Waals surface area contributed by atoms with E-state index in [0.29, 0.717) is 23.7 Å².